The summed E-state index contributed by atoms with van der Waals surface area (Å²) in [6.45, 7) is 0.875. The minimum Gasteiger partial charge on any atom is -0.383 e. The SMILES string of the molecule is Clc1ccc(CCNc2cncc(Br)c2)cc1. The molecule has 0 saturated carbocycles. The van der Waals surface area contributed by atoms with E-state index in [4.69, 9.17) is 11.6 Å². The summed E-state index contributed by atoms with van der Waals surface area (Å²) in [7, 11) is 0. The van der Waals surface area contributed by atoms with Crippen LogP contribution in [0.5, 0.6) is 0 Å². The van der Waals surface area contributed by atoms with Gasteiger partial charge in [-0.1, -0.05) is 23.7 Å². The molecule has 4 heteroatoms. The zero-order chi connectivity index (χ0) is 12.1. The molecule has 0 saturated heterocycles. The second-order valence-electron chi connectivity index (χ2n) is 3.70. The van der Waals surface area contributed by atoms with Crippen LogP contribution >= 0.6 is 27.5 Å². The molecule has 2 rings (SSSR count). The number of rotatable bonds is 4. The minimum absolute atomic E-state index is 0.776. The molecule has 0 bridgehead atoms. The van der Waals surface area contributed by atoms with Crippen LogP contribution in [-0.4, -0.2) is 11.5 Å². The molecule has 88 valence electrons. The Hall–Kier alpha value is -1.06. The van der Waals surface area contributed by atoms with Gasteiger partial charge in [0.25, 0.3) is 0 Å². The summed E-state index contributed by atoms with van der Waals surface area (Å²) in [4.78, 5) is 4.09. The van der Waals surface area contributed by atoms with Crippen molar-refractivity contribution in [3.8, 4) is 0 Å². The standard InChI is InChI=1S/C13H12BrClN2/c14-11-7-13(9-16-8-11)17-6-5-10-1-3-12(15)4-2-10/h1-4,7-9,17H,5-6H2. The Morgan fingerprint density at radius 2 is 1.94 bits per heavy atom. The van der Waals surface area contributed by atoms with Gasteiger partial charge in [0.2, 0.25) is 0 Å². The zero-order valence-corrected chi connectivity index (χ0v) is 11.5. The molecule has 17 heavy (non-hydrogen) atoms. The lowest BCUT2D eigenvalue weighted by Crippen LogP contribution is -2.04. The predicted octanol–water partition coefficient (Wildman–Crippen LogP) is 4.15. The molecule has 2 nitrogen and oxygen atoms in total. The van der Waals surface area contributed by atoms with Crippen molar-refractivity contribution in [2.45, 2.75) is 6.42 Å². The van der Waals surface area contributed by atoms with Crippen LogP contribution in [0.4, 0.5) is 5.69 Å². The molecule has 1 heterocycles. The van der Waals surface area contributed by atoms with E-state index in [1.54, 1.807) is 6.20 Å². The Bertz CT molecular complexity index is 485. The first-order valence-electron chi connectivity index (χ1n) is 5.33. The highest BCUT2D eigenvalue weighted by molar-refractivity contribution is 9.10. The molecule has 0 amide bonds. The first-order valence-corrected chi connectivity index (χ1v) is 6.50. The van der Waals surface area contributed by atoms with Gasteiger partial charge >= 0.3 is 0 Å². The van der Waals surface area contributed by atoms with E-state index in [-0.39, 0.29) is 0 Å². The van der Waals surface area contributed by atoms with Gasteiger partial charge in [-0.2, -0.15) is 0 Å². The normalized spacial score (nSPS) is 10.2. The van der Waals surface area contributed by atoms with Gasteiger partial charge in [-0.3, -0.25) is 4.98 Å². The third-order valence-corrected chi connectivity index (χ3v) is 3.05. The van der Waals surface area contributed by atoms with Crippen LogP contribution in [0.2, 0.25) is 5.02 Å². The number of benzene rings is 1. The fraction of sp³-hybridized carbons (Fsp3) is 0.154. The summed E-state index contributed by atoms with van der Waals surface area (Å²) in [6, 6.07) is 9.93. The third kappa shape index (κ3) is 4.02. The molecule has 1 aromatic carbocycles. The van der Waals surface area contributed by atoms with Gasteiger partial charge in [-0.25, -0.2) is 0 Å². The molecule has 0 fully saturated rings. The van der Waals surface area contributed by atoms with Crippen LogP contribution in [0.15, 0.2) is 47.2 Å². The van der Waals surface area contributed by atoms with E-state index in [1.165, 1.54) is 5.56 Å². The zero-order valence-electron chi connectivity index (χ0n) is 9.16. The second-order valence-corrected chi connectivity index (χ2v) is 5.05. The largest absolute Gasteiger partial charge is 0.383 e. The average molecular weight is 312 g/mol. The summed E-state index contributed by atoms with van der Waals surface area (Å²) in [5.41, 5.74) is 2.29. The monoisotopic (exact) mass is 310 g/mol. The summed E-state index contributed by atoms with van der Waals surface area (Å²) in [5, 5.41) is 4.10. The highest BCUT2D eigenvalue weighted by Gasteiger charge is 1.96. The lowest BCUT2D eigenvalue weighted by Gasteiger charge is -2.06. The number of halogens is 2. The molecule has 0 aliphatic carbocycles. The number of aromatic nitrogens is 1. The molecular formula is C13H12BrClN2. The summed E-state index contributed by atoms with van der Waals surface area (Å²) >= 11 is 9.22. The first-order chi connectivity index (χ1) is 8.24. The van der Waals surface area contributed by atoms with Crippen LogP contribution in [0.1, 0.15) is 5.56 Å². The fourth-order valence-electron chi connectivity index (χ4n) is 1.51. The summed E-state index contributed by atoms with van der Waals surface area (Å²) in [6.07, 6.45) is 4.54. The Labute approximate surface area is 114 Å². The highest BCUT2D eigenvalue weighted by Crippen LogP contribution is 2.14. The fourth-order valence-corrected chi connectivity index (χ4v) is 2.00. The number of hydrogen-bond acceptors (Lipinski definition) is 2. The van der Waals surface area contributed by atoms with Crippen molar-refractivity contribution in [1.82, 2.24) is 4.98 Å². The first kappa shape index (κ1) is 12.4. The Morgan fingerprint density at radius 1 is 1.18 bits per heavy atom. The van der Waals surface area contributed by atoms with Crippen LogP contribution < -0.4 is 5.32 Å². The maximum absolute atomic E-state index is 5.83. The van der Waals surface area contributed by atoms with E-state index >= 15 is 0 Å². The van der Waals surface area contributed by atoms with Gasteiger partial charge < -0.3 is 5.32 Å². The van der Waals surface area contributed by atoms with Crippen molar-refractivity contribution in [2.75, 3.05) is 11.9 Å². The molecular weight excluding hydrogens is 300 g/mol. The van der Waals surface area contributed by atoms with Crippen LogP contribution in [-0.2, 0) is 6.42 Å². The molecule has 2 aromatic rings. The number of nitrogens with one attached hydrogen (secondary N) is 1. The van der Waals surface area contributed by atoms with Crippen molar-refractivity contribution in [2.24, 2.45) is 0 Å². The number of anilines is 1. The Morgan fingerprint density at radius 3 is 2.65 bits per heavy atom. The quantitative estimate of drug-likeness (QED) is 0.917. The van der Waals surface area contributed by atoms with E-state index in [9.17, 15) is 0 Å². The maximum atomic E-state index is 5.83. The number of pyridine rings is 1. The molecule has 0 aliphatic heterocycles. The van der Waals surface area contributed by atoms with Gasteiger partial charge in [-0.05, 0) is 46.1 Å². The topological polar surface area (TPSA) is 24.9 Å². The van der Waals surface area contributed by atoms with Gasteiger partial charge in [-0.15, -0.1) is 0 Å². The molecule has 1 aromatic heterocycles. The van der Waals surface area contributed by atoms with Crippen LogP contribution in [0.25, 0.3) is 0 Å². The molecule has 0 spiro atoms. The van der Waals surface area contributed by atoms with Gasteiger partial charge in [0, 0.05) is 22.2 Å². The van der Waals surface area contributed by atoms with E-state index in [1.807, 2.05) is 36.5 Å². The highest BCUT2D eigenvalue weighted by atomic mass is 79.9. The van der Waals surface area contributed by atoms with Crippen molar-refractivity contribution < 1.29 is 0 Å². The van der Waals surface area contributed by atoms with Crippen molar-refractivity contribution in [3.05, 3.63) is 57.8 Å². The average Bonchev–Trinajstić information content (AvgIpc) is 2.32. The van der Waals surface area contributed by atoms with Crippen molar-refractivity contribution >= 4 is 33.2 Å². The van der Waals surface area contributed by atoms with Crippen molar-refractivity contribution in [1.29, 1.82) is 0 Å². The van der Waals surface area contributed by atoms with E-state index in [0.717, 1.165) is 28.1 Å². The van der Waals surface area contributed by atoms with Crippen LogP contribution in [0, 0.1) is 0 Å². The second kappa shape index (κ2) is 6.03. The minimum atomic E-state index is 0.776. The van der Waals surface area contributed by atoms with E-state index in [0.29, 0.717) is 0 Å². The lowest BCUT2D eigenvalue weighted by atomic mass is 10.1. The van der Waals surface area contributed by atoms with Crippen molar-refractivity contribution in [3.63, 3.8) is 0 Å². The predicted molar refractivity (Wildman–Crippen MR) is 75.6 cm³/mol. The lowest BCUT2D eigenvalue weighted by molar-refractivity contribution is 1.02. The van der Waals surface area contributed by atoms with Gasteiger partial charge in [0.1, 0.15) is 0 Å². The van der Waals surface area contributed by atoms with Gasteiger partial charge in [0.15, 0.2) is 0 Å². The van der Waals surface area contributed by atoms with E-state index < -0.39 is 0 Å². The Kier molecular flexibility index (Phi) is 4.40. The van der Waals surface area contributed by atoms with E-state index in [2.05, 4.69) is 26.2 Å². The summed E-state index contributed by atoms with van der Waals surface area (Å²) in [5.74, 6) is 0. The molecule has 0 unspecified atom stereocenters. The van der Waals surface area contributed by atoms with Gasteiger partial charge in [0.05, 0.1) is 11.9 Å². The maximum Gasteiger partial charge on any atom is 0.0538 e. The Balaban J connectivity index is 1.85. The number of hydrogen-bond donors (Lipinski definition) is 1. The van der Waals surface area contributed by atoms with Crippen LogP contribution in [0.3, 0.4) is 0 Å². The number of nitrogens with zero attached hydrogens (tertiary/aromatic N) is 1. The molecule has 0 atom stereocenters. The molecule has 1 N–H and O–H groups in total. The summed E-state index contributed by atoms with van der Waals surface area (Å²) < 4.78 is 0.981. The molecule has 0 aliphatic rings. The third-order valence-electron chi connectivity index (χ3n) is 2.36. The molecule has 0 radical (unpaired) electrons. The smallest absolute Gasteiger partial charge is 0.0538 e.